The number of ether oxygens (including phenoxy) is 1. The van der Waals surface area contributed by atoms with Gasteiger partial charge in [0, 0.05) is 11.3 Å². The Morgan fingerprint density at radius 2 is 1.89 bits per heavy atom. The van der Waals surface area contributed by atoms with E-state index in [1.54, 1.807) is 0 Å². The lowest BCUT2D eigenvalue weighted by Gasteiger charge is -2.36. The van der Waals surface area contributed by atoms with Crippen molar-refractivity contribution >= 4 is 11.8 Å². The van der Waals surface area contributed by atoms with Crippen LogP contribution >= 0.6 is 11.8 Å². The summed E-state index contributed by atoms with van der Waals surface area (Å²) < 4.78 is 6.03. The third kappa shape index (κ3) is 3.78. The zero-order chi connectivity index (χ0) is 13.9. The van der Waals surface area contributed by atoms with Crippen molar-refractivity contribution in [3.63, 3.8) is 0 Å². The SMILES string of the molecule is CC#Cc1ccc([C@H]2OC[C@H](C(C)(C)C)CS2)cc1. The van der Waals surface area contributed by atoms with E-state index in [2.05, 4.69) is 56.9 Å². The molecular weight excluding hydrogens is 252 g/mol. The number of rotatable bonds is 1. The summed E-state index contributed by atoms with van der Waals surface area (Å²) >= 11 is 1.91. The summed E-state index contributed by atoms with van der Waals surface area (Å²) in [7, 11) is 0. The fraction of sp³-hybridized carbons (Fsp3) is 0.529. The Morgan fingerprint density at radius 3 is 2.37 bits per heavy atom. The monoisotopic (exact) mass is 274 g/mol. The van der Waals surface area contributed by atoms with Crippen LogP contribution in [0.5, 0.6) is 0 Å². The number of benzene rings is 1. The van der Waals surface area contributed by atoms with Crippen LogP contribution in [0.4, 0.5) is 0 Å². The first-order valence-electron chi connectivity index (χ1n) is 6.76. The van der Waals surface area contributed by atoms with E-state index in [9.17, 15) is 0 Å². The van der Waals surface area contributed by atoms with E-state index < -0.39 is 0 Å². The van der Waals surface area contributed by atoms with Crippen molar-refractivity contribution in [2.24, 2.45) is 11.3 Å². The van der Waals surface area contributed by atoms with Crippen LogP contribution in [0.2, 0.25) is 0 Å². The van der Waals surface area contributed by atoms with Crippen molar-refractivity contribution < 1.29 is 4.74 Å². The smallest absolute Gasteiger partial charge is 0.128 e. The van der Waals surface area contributed by atoms with Gasteiger partial charge in [-0.1, -0.05) is 38.8 Å². The number of hydrogen-bond acceptors (Lipinski definition) is 2. The minimum Gasteiger partial charge on any atom is -0.362 e. The molecule has 102 valence electrons. The maximum Gasteiger partial charge on any atom is 0.128 e. The molecule has 1 saturated heterocycles. The van der Waals surface area contributed by atoms with Gasteiger partial charge in [0.2, 0.25) is 0 Å². The van der Waals surface area contributed by atoms with Crippen LogP contribution in [-0.2, 0) is 4.74 Å². The second-order valence-electron chi connectivity index (χ2n) is 6.06. The summed E-state index contributed by atoms with van der Waals surface area (Å²) in [5.74, 6) is 7.80. The highest BCUT2D eigenvalue weighted by atomic mass is 32.2. The first-order valence-corrected chi connectivity index (χ1v) is 7.81. The second kappa shape index (κ2) is 6.03. The molecule has 0 spiro atoms. The molecule has 0 aromatic heterocycles. The molecule has 0 bridgehead atoms. The minimum atomic E-state index is 0.183. The van der Waals surface area contributed by atoms with E-state index in [0.717, 1.165) is 12.2 Å². The predicted octanol–water partition coefficient (Wildman–Crippen LogP) is 4.48. The molecule has 1 aliphatic heterocycles. The van der Waals surface area contributed by atoms with Gasteiger partial charge in [-0.05, 0) is 36.0 Å². The summed E-state index contributed by atoms with van der Waals surface area (Å²) in [6, 6.07) is 8.42. The van der Waals surface area contributed by atoms with E-state index in [-0.39, 0.29) is 5.44 Å². The zero-order valence-electron chi connectivity index (χ0n) is 12.2. The van der Waals surface area contributed by atoms with Crippen molar-refractivity contribution in [2.45, 2.75) is 33.1 Å². The standard InChI is InChI=1S/C17H22OS/c1-5-6-13-7-9-14(10-8-13)16-18-11-15(12-19-16)17(2,3)4/h7-10,15-16H,11-12H2,1-4H3/t15-,16-/m0/s1. The van der Waals surface area contributed by atoms with Crippen molar-refractivity contribution in [3.05, 3.63) is 35.4 Å². The van der Waals surface area contributed by atoms with Crippen LogP contribution in [0.3, 0.4) is 0 Å². The molecule has 19 heavy (non-hydrogen) atoms. The van der Waals surface area contributed by atoms with Crippen LogP contribution < -0.4 is 0 Å². The molecule has 1 heterocycles. The Labute approximate surface area is 121 Å². The largest absolute Gasteiger partial charge is 0.362 e. The van der Waals surface area contributed by atoms with Gasteiger partial charge in [-0.15, -0.1) is 17.7 Å². The lowest BCUT2D eigenvalue weighted by Crippen LogP contribution is -2.31. The van der Waals surface area contributed by atoms with Gasteiger partial charge in [-0.25, -0.2) is 0 Å². The molecule has 0 N–H and O–H groups in total. The first-order chi connectivity index (χ1) is 9.00. The van der Waals surface area contributed by atoms with Gasteiger partial charge in [-0.3, -0.25) is 0 Å². The summed E-state index contributed by atoms with van der Waals surface area (Å²) in [6.45, 7) is 9.60. The minimum absolute atomic E-state index is 0.183. The Bertz CT molecular complexity index is 465. The van der Waals surface area contributed by atoms with Gasteiger partial charge in [0.25, 0.3) is 0 Å². The topological polar surface area (TPSA) is 9.23 Å². The average Bonchev–Trinajstić information content (AvgIpc) is 2.39. The number of hydrogen-bond donors (Lipinski definition) is 0. The molecule has 0 aliphatic carbocycles. The molecule has 1 nitrogen and oxygen atoms in total. The molecular formula is C17H22OS. The van der Waals surface area contributed by atoms with E-state index in [1.165, 1.54) is 11.3 Å². The third-order valence-corrected chi connectivity index (χ3v) is 4.88. The fourth-order valence-corrected chi connectivity index (χ4v) is 3.59. The highest BCUT2D eigenvalue weighted by molar-refractivity contribution is 7.99. The van der Waals surface area contributed by atoms with Crippen LogP contribution in [0.25, 0.3) is 0 Å². The average molecular weight is 274 g/mol. The lowest BCUT2D eigenvalue weighted by molar-refractivity contribution is 0.0396. The summed E-state index contributed by atoms with van der Waals surface area (Å²) in [5.41, 5.74) is 2.83. The van der Waals surface area contributed by atoms with Gasteiger partial charge >= 0.3 is 0 Å². The second-order valence-corrected chi connectivity index (χ2v) is 7.15. The highest BCUT2D eigenvalue weighted by Gasteiger charge is 2.31. The van der Waals surface area contributed by atoms with Gasteiger partial charge in [0.05, 0.1) is 6.61 Å². The van der Waals surface area contributed by atoms with Crippen molar-refractivity contribution in [1.29, 1.82) is 0 Å². The third-order valence-electron chi connectivity index (χ3n) is 3.57. The maximum absolute atomic E-state index is 6.03. The Kier molecular flexibility index (Phi) is 4.60. The molecule has 0 amide bonds. The molecule has 2 rings (SSSR count). The molecule has 0 saturated carbocycles. The van der Waals surface area contributed by atoms with Gasteiger partial charge in [-0.2, -0.15) is 0 Å². The lowest BCUT2D eigenvalue weighted by atomic mass is 9.82. The molecule has 0 unspecified atom stereocenters. The van der Waals surface area contributed by atoms with Crippen LogP contribution in [0, 0.1) is 23.2 Å². The van der Waals surface area contributed by atoms with Gasteiger partial charge in [0.1, 0.15) is 5.44 Å². The first kappa shape index (κ1) is 14.5. The Hall–Kier alpha value is -0.910. The van der Waals surface area contributed by atoms with Gasteiger partial charge < -0.3 is 4.74 Å². The van der Waals surface area contributed by atoms with E-state index in [1.807, 2.05) is 18.7 Å². The van der Waals surface area contributed by atoms with E-state index in [4.69, 9.17) is 4.74 Å². The normalized spacial score (nSPS) is 23.6. The summed E-state index contributed by atoms with van der Waals surface area (Å²) in [5, 5.41) is 0. The fourth-order valence-electron chi connectivity index (χ4n) is 2.06. The maximum atomic E-state index is 6.03. The highest BCUT2D eigenvalue weighted by Crippen LogP contribution is 2.41. The molecule has 1 aromatic carbocycles. The zero-order valence-corrected chi connectivity index (χ0v) is 13.0. The summed E-state index contributed by atoms with van der Waals surface area (Å²) in [4.78, 5) is 0. The Balaban J connectivity index is 1.99. The molecule has 0 radical (unpaired) electrons. The number of thioether (sulfide) groups is 1. The molecule has 2 atom stereocenters. The van der Waals surface area contributed by atoms with Crippen molar-refractivity contribution in [2.75, 3.05) is 12.4 Å². The van der Waals surface area contributed by atoms with Crippen LogP contribution in [-0.4, -0.2) is 12.4 Å². The van der Waals surface area contributed by atoms with Gasteiger partial charge in [0.15, 0.2) is 0 Å². The Morgan fingerprint density at radius 1 is 1.21 bits per heavy atom. The van der Waals surface area contributed by atoms with Crippen LogP contribution in [0.15, 0.2) is 24.3 Å². The van der Waals surface area contributed by atoms with Crippen molar-refractivity contribution in [1.82, 2.24) is 0 Å². The molecule has 1 aliphatic rings. The molecule has 2 heteroatoms. The van der Waals surface area contributed by atoms with Crippen LogP contribution in [0.1, 0.15) is 44.3 Å². The predicted molar refractivity (Wildman–Crippen MR) is 83.1 cm³/mol. The quantitative estimate of drug-likeness (QED) is 0.698. The van der Waals surface area contributed by atoms with E-state index in [0.29, 0.717) is 11.3 Å². The van der Waals surface area contributed by atoms with Crippen molar-refractivity contribution in [3.8, 4) is 11.8 Å². The van der Waals surface area contributed by atoms with E-state index >= 15 is 0 Å². The molecule has 1 aromatic rings. The summed E-state index contributed by atoms with van der Waals surface area (Å²) in [6.07, 6.45) is 0. The molecule has 1 fully saturated rings.